The molecule has 1 amide bonds. The van der Waals surface area contributed by atoms with Gasteiger partial charge in [-0.15, -0.1) is 0 Å². The van der Waals surface area contributed by atoms with Gasteiger partial charge in [-0.25, -0.2) is 4.79 Å². The van der Waals surface area contributed by atoms with E-state index in [2.05, 4.69) is 10.3 Å². The van der Waals surface area contributed by atoms with E-state index in [0.29, 0.717) is 23.6 Å². The van der Waals surface area contributed by atoms with Gasteiger partial charge in [0.15, 0.2) is 0 Å². The lowest BCUT2D eigenvalue weighted by atomic mass is 9.80. The maximum absolute atomic E-state index is 12.9. The minimum absolute atomic E-state index is 0.128. The summed E-state index contributed by atoms with van der Waals surface area (Å²) >= 11 is 0. The van der Waals surface area contributed by atoms with E-state index >= 15 is 0 Å². The average Bonchev–Trinajstić information content (AvgIpc) is 3.58. The van der Waals surface area contributed by atoms with Crippen LogP contribution < -0.4 is 26.0 Å². The monoisotopic (exact) mass is 632 g/mol. The second-order valence-electron chi connectivity index (χ2n) is 10.9. The molecule has 2 atom stereocenters. The van der Waals surface area contributed by atoms with Gasteiger partial charge in [-0.3, -0.25) is 19.1 Å². The minimum atomic E-state index is -1.05. The number of carbonyl (C=O) groups is 1. The first-order chi connectivity index (χ1) is 22.9. The van der Waals surface area contributed by atoms with Crippen LogP contribution in [-0.4, -0.2) is 42.4 Å². The van der Waals surface area contributed by atoms with Gasteiger partial charge in [0.05, 0.1) is 26.9 Å². The lowest BCUT2D eigenvalue weighted by molar-refractivity contribution is -0.0721. The molecule has 5 aromatic rings. The second kappa shape index (κ2) is 13.9. The quantitative estimate of drug-likeness (QED) is 0.190. The highest BCUT2D eigenvalue weighted by Gasteiger charge is 2.40. The summed E-state index contributed by atoms with van der Waals surface area (Å²) in [6, 6.07) is 34.1. The van der Waals surface area contributed by atoms with Crippen molar-refractivity contribution in [3.05, 3.63) is 165 Å². The van der Waals surface area contributed by atoms with Crippen molar-refractivity contribution in [1.29, 1.82) is 0 Å². The molecule has 0 saturated carbocycles. The number of nitrogens with one attached hydrogen (secondary N) is 2. The Morgan fingerprint density at radius 3 is 1.96 bits per heavy atom. The predicted molar refractivity (Wildman–Crippen MR) is 177 cm³/mol. The van der Waals surface area contributed by atoms with Crippen molar-refractivity contribution in [1.82, 2.24) is 9.55 Å². The summed E-state index contributed by atoms with van der Waals surface area (Å²) < 4.78 is 25.3. The molecule has 4 aromatic carbocycles. The Labute approximate surface area is 271 Å². The SMILES string of the molecule is COc1ccc(C(OC[C@H]2[CH]C[C@H](n3cc(C(=O)Nc4ccccc4)c(=O)[nH]c3=O)O2)(c2ccccc2)c2ccc(OC)cc2)cc1. The van der Waals surface area contributed by atoms with E-state index in [1.807, 2.05) is 91.3 Å². The summed E-state index contributed by atoms with van der Waals surface area (Å²) in [5.41, 5.74) is 0.439. The molecule has 239 valence electrons. The number of hydrogen-bond acceptors (Lipinski definition) is 7. The largest absolute Gasteiger partial charge is 0.497 e. The van der Waals surface area contributed by atoms with Crippen LogP contribution in [-0.2, 0) is 15.1 Å². The number of benzene rings is 4. The summed E-state index contributed by atoms with van der Waals surface area (Å²) in [4.78, 5) is 40.7. The number of methoxy groups -OCH3 is 2. The molecule has 10 nitrogen and oxygen atoms in total. The zero-order chi connectivity index (χ0) is 32.8. The zero-order valence-electron chi connectivity index (χ0n) is 25.9. The Morgan fingerprint density at radius 1 is 0.830 bits per heavy atom. The van der Waals surface area contributed by atoms with Crippen molar-refractivity contribution >= 4 is 11.6 Å². The van der Waals surface area contributed by atoms with Gasteiger partial charge in [0, 0.05) is 11.9 Å². The molecule has 6 rings (SSSR count). The first-order valence-electron chi connectivity index (χ1n) is 15.1. The number of rotatable bonds is 11. The van der Waals surface area contributed by atoms with Gasteiger partial charge in [0.1, 0.15) is 28.9 Å². The maximum Gasteiger partial charge on any atom is 0.330 e. The molecule has 1 aliphatic heterocycles. The van der Waals surface area contributed by atoms with E-state index < -0.39 is 35.1 Å². The molecule has 0 spiro atoms. The topological polar surface area (TPSA) is 121 Å². The summed E-state index contributed by atoms with van der Waals surface area (Å²) in [6.45, 7) is 0.128. The van der Waals surface area contributed by atoms with Gasteiger partial charge >= 0.3 is 5.69 Å². The fraction of sp³-hybridized carbons (Fsp3) is 0.189. The van der Waals surface area contributed by atoms with Crippen molar-refractivity contribution in [2.24, 2.45) is 0 Å². The normalized spacial score (nSPS) is 16.0. The molecule has 1 fully saturated rings. The van der Waals surface area contributed by atoms with Crippen molar-refractivity contribution in [3.63, 3.8) is 0 Å². The molecule has 1 saturated heterocycles. The third kappa shape index (κ3) is 6.60. The Hall–Kier alpha value is -5.45. The zero-order valence-corrected chi connectivity index (χ0v) is 25.9. The number of ether oxygens (including phenoxy) is 4. The molecule has 0 aliphatic carbocycles. The number of para-hydroxylation sites is 1. The summed E-state index contributed by atoms with van der Waals surface area (Å²) in [6.07, 6.45) is 2.24. The molecule has 2 N–H and O–H groups in total. The highest BCUT2D eigenvalue weighted by Crippen LogP contribution is 2.42. The van der Waals surface area contributed by atoms with E-state index in [-0.39, 0.29) is 12.2 Å². The highest BCUT2D eigenvalue weighted by atomic mass is 16.6. The second-order valence-corrected chi connectivity index (χ2v) is 10.9. The van der Waals surface area contributed by atoms with Crippen LogP contribution in [0.1, 0.15) is 39.7 Å². The van der Waals surface area contributed by atoms with Crippen LogP contribution in [0.15, 0.2) is 125 Å². The Bertz CT molecular complexity index is 1870. The first-order valence-corrected chi connectivity index (χ1v) is 15.1. The lowest BCUT2D eigenvalue weighted by Crippen LogP contribution is -2.37. The van der Waals surface area contributed by atoms with E-state index in [0.717, 1.165) is 16.7 Å². The van der Waals surface area contributed by atoms with Crippen LogP contribution in [0.5, 0.6) is 11.5 Å². The molecule has 1 aliphatic rings. The summed E-state index contributed by atoms with van der Waals surface area (Å²) in [7, 11) is 3.24. The lowest BCUT2D eigenvalue weighted by Gasteiger charge is -2.37. The molecular weight excluding hydrogens is 598 g/mol. The average molecular weight is 633 g/mol. The van der Waals surface area contributed by atoms with Gasteiger partial charge in [-0.05, 0) is 65.9 Å². The molecular formula is C37H34N3O7. The van der Waals surface area contributed by atoms with Crippen molar-refractivity contribution in [2.45, 2.75) is 24.4 Å². The van der Waals surface area contributed by atoms with Gasteiger partial charge in [-0.1, -0.05) is 72.8 Å². The van der Waals surface area contributed by atoms with Gasteiger partial charge in [0.2, 0.25) is 0 Å². The van der Waals surface area contributed by atoms with Crippen molar-refractivity contribution in [3.8, 4) is 11.5 Å². The molecule has 0 unspecified atom stereocenters. The number of H-pyrrole nitrogens is 1. The first kappa shape index (κ1) is 31.5. The summed E-state index contributed by atoms with van der Waals surface area (Å²) in [5.74, 6) is 0.785. The number of amides is 1. The molecule has 2 heterocycles. The number of nitrogens with zero attached hydrogens (tertiary/aromatic N) is 1. The standard InChI is InChI=1S/C37H34N3O7/c1-44-29-17-13-26(14-18-29)37(25-9-5-3-6-10-25,27-15-19-30(45-2)20-16-27)46-24-31-21-22-33(47-31)40-23-32(35(42)39-36(40)43)34(41)38-28-11-7-4-8-12-28/h3-21,23,31,33H,22,24H2,1-2H3,(H,38,41)(H,39,42,43)/t31-,33-/m1/s1. The van der Waals surface area contributed by atoms with Crippen LogP contribution in [0.3, 0.4) is 0 Å². The van der Waals surface area contributed by atoms with E-state index in [1.165, 1.54) is 10.8 Å². The smallest absolute Gasteiger partial charge is 0.330 e. The third-order valence-corrected chi connectivity index (χ3v) is 8.12. The highest BCUT2D eigenvalue weighted by molar-refractivity contribution is 6.03. The number of aromatic nitrogens is 2. The number of carbonyl (C=O) groups excluding carboxylic acids is 1. The number of anilines is 1. The number of aromatic amines is 1. The van der Waals surface area contributed by atoms with Crippen LogP contribution in [0, 0.1) is 6.42 Å². The van der Waals surface area contributed by atoms with Gasteiger partial charge < -0.3 is 24.3 Å². The fourth-order valence-electron chi connectivity index (χ4n) is 5.73. The Balaban J connectivity index is 1.29. The summed E-state index contributed by atoms with van der Waals surface area (Å²) in [5, 5.41) is 2.68. The Kier molecular flexibility index (Phi) is 9.32. The van der Waals surface area contributed by atoms with Gasteiger partial charge in [0.25, 0.3) is 11.5 Å². The van der Waals surface area contributed by atoms with Crippen LogP contribution in [0.25, 0.3) is 0 Å². The molecule has 1 radical (unpaired) electrons. The molecule has 47 heavy (non-hydrogen) atoms. The number of hydrogen-bond donors (Lipinski definition) is 2. The van der Waals surface area contributed by atoms with E-state index in [4.69, 9.17) is 18.9 Å². The van der Waals surface area contributed by atoms with Crippen molar-refractivity contribution < 1.29 is 23.7 Å². The molecule has 0 bridgehead atoms. The van der Waals surface area contributed by atoms with E-state index in [9.17, 15) is 14.4 Å². The fourth-order valence-corrected chi connectivity index (χ4v) is 5.73. The molecule has 1 aromatic heterocycles. The van der Waals surface area contributed by atoms with Crippen LogP contribution >= 0.6 is 0 Å². The molecule has 10 heteroatoms. The predicted octanol–water partition coefficient (Wildman–Crippen LogP) is 5.31. The third-order valence-electron chi connectivity index (χ3n) is 8.12. The Morgan fingerprint density at radius 2 is 1.38 bits per heavy atom. The maximum atomic E-state index is 12.9. The minimum Gasteiger partial charge on any atom is -0.497 e. The van der Waals surface area contributed by atoms with Crippen molar-refractivity contribution in [2.75, 3.05) is 26.1 Å². The van der Waals surface area contributed by atoms with Crippen LogP contribution in [0.4, 0.5) is 5.69 Å². The van der Waals surface area contributed by atoms with Crippen LogP contribution in [0.2, 0.25) is 0 Å². The van der Waals surface area contributed by atoms with Gasteiger partial charge in [-0.2, -0.15) is 0 Å². The van der Waals surface area contributed by atoms with E-state index in [1.54, 1.807) is 38.5 Å².